The molecule has 0 spiro atoms. The van der Waals surface area contributed by atoms with E-state index in [1.807, 2.05) is 24.3 Å². The highest BCUT2D eigenvalue weighted by Gasteiger charge is 2.06. The van der Waals surface area contributed by atoms with Crippen molar-refractivity contribution < 1.29 is 9.53 Å². The standard InChI is InChI=1S/C22H18N4O3/c27-21-14-18(23-20-11-4-5-12-26(20)21)15-29-19-10-6-9-17(13-19)25-22(28)24-16-7-2-1-3-8-16/h1-14H,15H2,(H2,24,25,28). The smallest absolute Gasteiger partial charge is 0.323 e. The lowest BCUT2D eigenvalue weighted by Crippen LogP contribution is -2.19. The van der Waals surface area contributed by atoms with Crippen molar-refractivity contribution in [1.82, 2.24) is 9.38 Å². The van der Waals surface area contributed by atoms with Crippen molar-refractivity contribution >= 4 is 23.1 Å². The molecule has 144 valence electrons. The summed E-state index contributed by atoms with van der Waals surface area (Å²) in [6.45, 7) is 0.139. The van der Waals surface area contributed by atoms with E-state index in [0.29, 0.717) is 28.5 Å². The number of fused-ring (bicyclic) bond motifs is 1. The van der Waals surface area contributed by atoms with E-state index in [9.17, 15) is 9.59 Å². The van der Waals surface area contributed by atoms with Crippen molar-refractivity contribution in [3.63, 3.8) is 0 Å². The van der Waals surface area contributed by atoms with Crippen LogP contribution < -0.4 is 20.9 Å². The van der Waals surface area contributed by atoms with Gasteiger partial charge in [-0.1, -0.05) is 30.3 Å². The Hall–Kier alpha value is -4.13. The lowest BCUT2D eigenvalue weighted by atomic mass is 10.3. The number of carbonyl (C=O) groups excluding carboxylic acids is 1. The molecule has 0 saturated carbocycles. The summed E-state index contributed by atoms with van der Waals surface area (Å²) in [6.07, 6.45) is 1.67. The molecule has 0 aliphatic heterocycles. The summed E-state index contributed by atoms with van der Waals surface area (Å²) < 4.78 is 7.23. The van der Waals surface area contributed by atoms with Crippen LogP contribution in [-0.4, -0.2) is 15.4 Å². The number of hydrogen-bond donors (Lipinski definition) is 2. The molecule has 0 aliphatic rings. The Morgan fingerprint density at radius 3 is 2.52 bits per heavy atom. The van der Waals surface area contributed by atoms with Crippen LogP contribution in [0.3, 0.4) is 0 Å². The highest BCUT2D eigenvalue weighted by Crippen LogP contribution is 2.19. The summed E-state index contributed by atoms with van der Waals surface area (Å²) >= 11 is 0. The first-order valence-electron chi connectivity index (χ1n) is 9.01. The van der Waals surface area contributed by atoms with Crippen LogP contribution in [0.25, 0.3) is 5.65 Å². The molecule has 0 unspecified atom stereocenters. The molecular formula is C22H18N4O3. The Labute approximate surface area is 166 Å². The van der Waals surface area contributed by atoms with Crippen molar-refractivity contribution in [1.29, 1.82) is 0 Å². The normalized spacial score (nSPS) is 10.5. The van der Waals surface area contributed by atoms with Crippen molar-refractivity contribution in [2.45, 2.75) is 6.61 Å². The van der Waals surface area contributed by atoms with Gasteiger partial charge in [0.1, 0.15) is 18.0 Å². The van der Waals surface area contributed by atoms with Gasteiger partial charge in [0.15, 0.2) is 0 Å². The number of ether oxygens (including phenoxy) is 1. The van der Waals surface area contributed by atoms with Crippen LogP contribution in [-0.2, 0) is 6.61 Å². The molecule has 2 aromatic carbocycles. The molecule has 2 aromatic heterocycles. The number of carbonyl (C=O) groups is 1. The van der Waals surface area contributed by atoms with Gasteiger partial charge in [-0.05, 0) is 36.4 Å². The maximum absolute atomic E-state index is 12.1. The Bertz CT molecular complexity index is 1210. The Balaban J connectivity index is 1.41. The molecule has 0 radical (unpaired) electrons. The van der Waals surface area contributed by atoms with Gasteiger partial charge in [0.05, 0.1) is 5.69 Å². The van der Waals surface area contributed by atoms with Crippen LogP contribution in [0.1, 0.15) is 5.69 Å². The maximum atomic E-state index is 12.1. The van der Waals surface area contributed by atoms with Crippen molar-refractivity contribution in [3.8, 4) is 5.75 Å². The number of nitrogens with zero attached hydrogens (tertiary/aromatic N) is 2. The Morgan fingerprint density at radius 2 is 1.66 bits per heavy atom. The van der Waals surface area contributed by atoms with E-state index in [1.54, 1.807) is 54.7 Å². The number of pyridine rings is 1. The van der Waals surface area contributed by atoms with Gasteiger partial charge in [-0.25, -0.2) is 9.78 Å². The molecule has 2 amide bonds. The molecule has 7 heteroatoms. The SMILES string of the molecule is O=C(Nc1ccccc1)Nc1cccc(OCc2cc(=O)n3ccccc3n2)c1. The van der Waals surface area contributed by atoms with E-state index in [0.717, 1.165) is 0 Å². The summed E-state index contributed by atoms with van der Waals surface area (Å²) in [5, 5.41) is 5.52. The number of urea groups is 1. The molecule has 4 rings (SSSR count). The van der Waals surface area contributed by atoms with Crippen molar-refractivity contribution in [2.24, 2.45) is 0 Å². The average molecular weight is 386 g/mol. The van der Waals surface area contributed by atoms with Crippen LogP contribution in [0.5, 0.6) is 5.75 Å². The highest BCUT2D eigenvalue weighted by atomic mass is 16.5. The third kappa shape index (κ3) is 4.59. The van der Waals surface area contributed by atoms with Gasteiger partial charge in [0.25, 0.3) is 5.56 Å². The van der Waals surface area contributed by atoms with Gasteiger partial charge in [0, 0.05) is 29.7 Å². The second-order valence-corrected chi connectivity index (χ2v) is 6.28. The number of hydrogen-bond acceptors (Lipinski definition) is 4. The zero-order chi connectivity index (χ0) is 20.1. The van der Waals surface area contributed by atoms with Crippen LogP contribution in [0, 0.1) is 0 Å². The zero-order valence-corrected chi connectivity index (χ0v) is 15.4. The Morgan fingerprint density at radius 1 is 0.897 bits per heavy atom. The molecular weight excluding hydrogens is 368 g/mol. The van der Waals surface area contributed by atoms with Gasteiger partial charge in [-0.15, -0.1) is 0 Å². The number of aromatic nitrogens is 2. The molecule has 7 nitrogen and oxygen atoms in total. The molecule has 0 fully saturated rings. The predicted molar refractivity (Wildman–Crippen MR) is 111 cm³/mol. The molecule has 2 N–H and O–H groups in total. The number of anilines is 2. The first-order chi connectivity index (χ1) is 14.2. The number of rotatable bonds is 5. The minimum Gasteiger partial charge on any atom is -0.487 e. The fourth-order valence-corrected chi connectivity index (χ4v) is 2.81. The molecule has 29 heavy (non-hydrogen) atoms. The topological polar surface area (TPSA) is 84.7 Å². The molecule has 0 atom stereocenters. The monoisotopic (exact) mass is 386 g/mol. The molecule has 0 bridgehead atoms. The van der Waals surface area contributed by atoms with Crippen molar-refractivity contribution in [3.05, 3.63) is 101 Å². The minimum absolute atomic E-state index is 0.139. The van der Waals surface area contributed by atoms with Gasteiger partial charge in [0.2, 0.25) is 0 Å². The van der Waals surface area contributed by atoms with Crippen LogP contribution in [0.4, 0.5) is 16.2 Å². The fraction of sp³-hybridized carbons (Fsp3) is 0.0455. The molecule has 4 aromatic rings. The number of amides is 2. The number of benzene rings is 2. The highest BCUT2D eigenvalue weighted by molar-refractivity contribution is 5.99. The van der Waals surface area contributed by atoms with Gasteiger partial charge < -0.3 is 15.4 Å². The summed E-state index contributed by atoms with van der Waals surface area (Å²) in [4.78, 5) is 28.7. The minimum atomic E-state index is -0.349. The third-order valence-corrected chi connectivity index (χ3v) is 4.13. The first kappa shape index (κ1) is 18.2. The third-order valence-electron chi connectivity index (χ3n) is 4.13. The Kier molecular flexibility index (Phi) is 5.20. The van der Waals surface area contributed by atoms with Crippen molar-refractivity contribution in [2.75, 3.05) is 10.6 Å². The van der Waals surface area contributed by atoms with Crippen LogP contribution in [0.2, 0.25) is 0 Å². The van der Waals surface area contributed by atoms with E-state index in [4.69, 9.17) is 4.74 Å². The lowest BCUT2D eigenvalue weighted by Gasteiger charge is -2.10. The fourth-order valence-electron chi connectivity index (χ4n) is 2.81. The maximum Gasteiger partial charge on any atom is 0.323 e. The predicted octanol–water partition coefficient (Wildman–Crippen LogP) is 3.92. The van der Waals surface area contributed by atoms with E-state index in [-0.39, 0.29) is 18.2 Å². The van der Waals surface area contributed by atoms with E-state index in [1.165, 1.54) is 10.5 Å². The largest absolute Gasteiger partial charge is 0.487 e. The second kappa shape index (κ2) is 8.26. The second-order valence-electron chi connectivity index (χ2n) is 6.28. The van der Waals surface area contributed by atoms with E-state index in [2.05, 4.69) is 15.6 Å². The van der Waals surface area contributed by atoms with E-state index >= 15 is 0 Å². The molecule has 0 saturated heterocycles. The summed E-state index contributed by atoms with van der Waals surface area (Å²) in [5.74, 6) is 0.553. The average Bonchev–Trinajstić information content (AvgIpc) is 2.73. The molecule has 2 heterocycles. The summed E-state index contributed by atoms with van der Waals surface area (Å²) in [7, 11) is 0. The quantitative estimate of drug-likeness (QED) is 0.544. The van der Waals surface area contributed by atoms with E-state index < -0.39 is 0 Å². The number of nitrogens with one attached hydrogen (secondary N) is 2. The van der Waals surface area contributed by atoms with Crippen LogP contribution in [0.15, 0.2) is 89.9 Å². The van der Waals surface area contributed by atoms with Gasteiger partial charge in [-0.2, -0.15) is 0 Å². The molecule has 0 aliphatic carbocycles. The summed E-state index contributed by atoms with van der Waals surface area (Å²) in [5.41, 5.74) is 2.21. The van der Waals surface area contributed by atoms with Gasteiger partial charge >= 0.3 is 6.03 Å². The van der Waals surface area contributed by atoms with Crippen LogP contribution >= 0.6 is 0 Å². The summed E-state index contributed by atoms with van der Waals surface area (Å²) in [6, 6.07) is 22.6. The zero-order valence-electron chi connectivity index (χ0n) is 15.4. The van der Waals surface area contributed by atoms with Gasteiger partial charge in [-0.3, -0.25) is 9.20 Å². The first-order valence-corrected chi connectivity index (χ1v) is 9.01. The number of para-hydroxylation sites is 1. The lowest BCUT2D eigenvalue weighted by molar-refractivity contribution is 0.262.